The summed E-state index contributed by atoms with van der Waals surface area (Å²) in [6.07, 6.45) is 5.38. The van der Waals surface area contributed by atoms with Crippen LogP contribution in [0, 0.1) is 0 Å². The van der Waals surface area contributed by atoms with Crippen molar-refractivity contribution in [2.45, 2.75) is 0 Å². The number of hydrogen-bond donors (Lipinski definition) is 1. The van der Waals surface area contributed by atoms with Crippen molar-refractivity contribution in [3.8, 4) is 28.3 Å². The monoisotopic (exact) mass is 331 g/mol. The first-order valence-electron chi connectivity index (χ1n) is 7.85. The van der Waals surface area contributed by atoms with E-state index in [1.54, 1.807) is 29.1 Å². The lowest BCUT2D eigenvalue weighted by Crippen LogP contribution is -2.16. The van der Waals surface area contributed by atoms with Gasteiger partial charge in [-0.15, -0.1) is 0 Å². The molecule has 0 aliphatic carbocycles. The van der Waals surface area contributed by atoms with Gasteiger partial charge in [0.15, 0.2) is 11.5 Å². The molecule has 0 spiro atoms. The Labute approximate surface area is 142 Å². The number of fused-ring (bicyclic) bond motifs is 2. The number of H-pyrrole nitrogens is 1. The summed E-state index contributed by atoms with van der Waals surface area (Å²) >= 11 is 0. The third-order valence-electron chi connectivity index (χ3n) is 4.32. The molecule has 6 nitrogen and oxygen atoms in total. The van der Waals surface area contributed by atoms with Crippen molar-refractivity contribution in [1.29, 1.82) is 0 Å². The highest BCUT2D eigenvalue weighted by Gasteiger charge is 2.15. The van der Waals surface area contributed by atoms with Gasteiger partial charge in [0.2, 0.25) is 6.79 Å². The largest absolute Gasteiger partial charge is 0.454 e. The van der Waals surface area contributed by atoms with Crippen molar-refractivity contribution in [1.82, 2.24) is 14.5 Å². The molecule has 0 radical (unpaired) electrons. The van der Waals surface area contributed by atoms with Crippen LogP contribution in [0.5, 0.6) is 11.5 Å². The molecule has 1 aliphatic heterocycles. The van der Waals surface area contributed by atoms with Gasteiger partial charge in [-0.3, -0.25) is 9.36 Å². The molecule has 0 fully saturated rings. The molecule has 4 aromatic rings. The molecule has 0 amide bonds. The molecule has 1 N–H and O–H groups in total. The van der Waals surface area contributed by atoms with Crippen molar-refractivity contribution in [2.24, 2.45) is 0 Å². The predicted octanol–water partition coefficient (Wildman–Crippen LogP) is 3.11. The van der Waals surface area contributed by atoms with Gasteiger partial charge in [-0.2, -0.15) is 0 Å². The van der Waals surface area contributed by atoms with Gasteiger partial charge in [0.05, 0.1) is 5.69 Å². The summed E-state index contributed by atoms with van der Waals surface area (Å²) in [7, 11) is 0. The Morgan fingerprint density at radius 2 is 2.00 bits per heavy atom. The number of pyridine rings is 2. The zero-order valence-corrected chi connectivity index (χ0v) is 13.1. The maximum Gasteiger partial charge on any atom is 0.255 e. The average molecular weight is 331 g/mol. The minimum Gasteiger partial charge on any atom is -0.454 e. The van der Waals surface area contributed by atoms with Crippen molar-refractivity contribution >= 4 is 11.0 Å². The van der Waals surface area contributed by atoms with Crippen molar-refractivity contribution in [2.75, 3.05) is 6.79 Å². The number of nitrogens with zero attached hydrogens (tertiary/aromatic N) is 2. The van der Waals surface area contributed by atoms with E-state index in [1.165, 1.54) is 0 Å². The first kappa shape index (κ1) is 13.9. The summed E-state index contributed by atoms with van der Waals surface area (Å²) in [6.45, 7) is 0.210. The van der Waals surface area contributed by atoms with Crippen LogP contribution in [-0.4, -0.2) is 21.3 Å². The Kier molecular flexibility index (Phi) is 2.90. The molecular weight excluding hydrogens is 318 g/mol. The second-order valence-corrected chi connectivity index (χ2v) is 5.76. The Bertz CT molecular complexity index is 1160. The van der Waals surface area contributed by atoms with Crippen LogP contribution in [0.4, 0.5) is 0 Å². The Morgan fingerprint density at radius 3 is 2.92 bits per heavy atom. The van der Waals surface area contributed by atoms with Gasteiger partial charge in [0.25, 0.3) is 5.56 Å². The number of nitrogens with one attached hydrogen (secondary N) is 1. The van der Waals surface area contributed by atoms with Gasteiger partial charge in [-0.25, -0.2) is 4.98 Å². The maximum absolute atomic E-state index is 12.6. The molecule has 0 atom stereocenters. The minimum absolute atomic E-state index is 0.116. The summed E-state index contributed by atoms with van der Waals surface area (Å²) < 4.78 is 12.3. The van der Waals surface area contributed by atoms with Crippen LogP contribution in [0.15, 0.2) is 65.8 Å². The fourth-order valence-corrected chi connectivity index (χ4v) is 3.09. The van der Waals surface area contributed by atoms with E-state index >= 15 is 0 Å². The van der Waals surface area contributed by atoms with Crippen LogP contribution >= 0.6 is 0 Å². The maximum atomic E-state index is 12.6. The van der Waals surface area contributed by atoms with Crippen LogP contribution in [0.2, 0.25) is 0 Å². The molecule has 4 heterocycles. The molecule has 122 valence electrons. The molecule has 0 saturated carbocycles. The minimum atomic E-state index is -0.116. The lowest BCUT2D eigenvalue weighted by atomic mass is 10.1. The third-order valence-corrected chi connectivity index (χ3v) is 4.32. The summed E-state index contributed by atoms with van der Waals surface area (Å²) in [5.41, 5.74) is 3.23. The topological polar surface area (TPSA) is 69.1 Å². The molecule has 25 heavy (non-hydrogen) atoms. The van der Waals surface area contributed by atoms with Crippen LogP contribution in [0.3, 0.4) is 0 Å². The van der Waals surface area contributed by atoms with E-state index in [9.17, 15) is 4.79 Å². The molecular formula is C19H13N3O3. The van der Waals surface area contributed by atoms with E-state index in [-0.39, 0.29) is 12.4 Å². The first-order chi connectivity index (χ1) is 12.3. The van der Waals surface area contributed by atoms with Crippen LogP contribution in [-0.2, 0) is 0 Å². The van der Waals surface area contributed by atoms with Crippen LogP contribution < -0.4 is 15.0 Å². The Balaban J connectivity index is 1.60. The smallest absolute Gasteiger partial charge is 0.255 e. The van der Waals surface area contributed by atoms with Gasteiger partial charge in [-0.05, 0) is 35.9 Å². The van der Waals surface area contributed by atoms with Crippen molar-refractivity contribution < 1.29 is 9.47 Å². The SMILES string of the molecule is O=c1cc(-c2c[nH]c3ncccc23)ccn1-c1ccc2c(c1)OCO2. The summed E-state index contributed by atoms with van der Waals surface area (Å²) in [5, 5.41) is 0.989. The van der Waals surface area contributed by atoms with E-state index in [0.29, 0.717) is 11.5 Å². The van der Waals surface area contributed by atoms with Gasteiger partial charge >= 0.3 is 0 Å². The van der Waals surface area contributed by atoms with Gasteiger partial charge in [0.1, 0.15) is 5.65 Å². The van der Waals surface area contributed by atoms with E-state index in [4.69, 9.17) is 9.47 Å². The van der Waals surface area contributed by atoms with Gasteiger partial charge in [-0.1, -0.05) is 0 Å². The number of hydrogen-bond acceptors (Lipinski definition) is 4. The van der Waals surface area contributed by atoms with Crippen LogP contribution in [0.25, 0.3) is 27.8 Å². The predicted molar refractivity (Wildman–Crippen MR) is 93.2 cm³/mol. The number of rotatable bonds is 2. The first-order valence-corrected chi connectivity index (χ1v) is 7.85. The zero-order valence-electron chi connectivity index (χ0n) is 13.1. The molecule has 1 aliphatic rings. The molecule has 0 unspecified atom stereocenters. The summed E-state index contributed by atoms with van der Waals surface area (Å²) in [6, 6.07) is 12.9. The highest BCUT2D eigenvalue weighted by Crippen LogP contribution is 2.33. The number of ether oxygens (including phenoxy) is 2. The number of benzene rings is 1. The third kappa shape index (κ3) is 2.19. The summed E-state index contributed by atoms with van der Waals surface area (Å²) in [5.74, 6) is 1.34. The Morgan fingerprint density at radius 1 is 1.08 bits per heavy atom. The Hall–Kier alpha value is -3.54. The average Bonchev–Trinajstić information content (AvgIpc) is 3.27. The fraction of sp³-hybridized carbons (Fsp3) is 0.0526. The zero-order chi connectivity index (χ0) is 16.8. The highest BCUT2D eigenvalue weighted by atomic mass is 16.7. The lowest BCUT2D eigenvalue weighted by molar-refractivity contribution is 0.174. The number of aromatic amines is 1. The molecule has 1 aromatic carbocycles. The molecule has 0 saturated heterocycles. The second-order valence-electron chi connectivity index (χ2n) is 5.76. The molecule has 3 aromatic heterocycles. The molecule has 6 heteroatoms. The standard InChI is InChI=1S/C19H13N3O3/c23-18-8-12(15-10-21-19-14(15)2-1-6-20-19)5-7-22(18)13-3-4-16-17(9-13)25-11-24-16/h1-10H,11H2,(H,20,21). The highest BCUT2D eigenvalue weighted by molar-refractivity contribution is 5.93. The van der Waals surface area contributed by atoms with E-state index in [2.05, 4.69) is 9.97 Å². The fourth-order valence-electron chi connectivity index (χ4n) is 3.09. The summed E-state index contributed by atoms with van der Waals surface area (Å²) in [4.78, 5) is 20.1. The van der Waals surface area contributed by atoms with Crippen LogP contribution in [0.1, 0.15) is 0 Å². The van der Waals surface area contributed by atoms with E-state index in [0.717, 1.165) is 27.8 Å². The van der Waals surface area contributed by atoms with E-state index < -0.39 is 0 Å². The second kappa shape index (κ2) is 5.24. The lowest BCUT2D eigenvalue weighted by Gasteiger charge is -2.08. The van der Waals surface area contributed by atoms with E-state index in [1.807, 2.05) is 36.5 Å². The quantitative estimate of drug-likeness (QED) is 0.613. The van der Waals surface area contributed by atoms with Gasteiger partial charge < -0.3 is 14.5 Å². The normalized spacial score (nSPS) is 12.6. The van der Waals surface area contributed by atoms with Crippen molar-refractivity contribution in [3.63, 3.8) is 0 Å². The van der Waals surface area contributed by atoms with Crippen molar-refractivity contribution in [3.05, 3.63) is 71.4 Å². The molecule has 0 bridgehead atoms. The van der Waals surface area contributed by atoms with Gasteiger partial charge in [0, 0.05) is 41.7 Å². The molecule has 5 rings (SSSR count). The number of aromatic nitrogens is 3.